The quantitative estimate of drug-likeness (QED) is 0.0840. The largest absolute Gasteiger partial charge is 0.504 e. The van der Waals surface area contributed by atoms with Crippen LogP contribution >= 0.6 is 22.6 Å². The number of phenolic OH excluding ortho intramolecular Hbond substituents is 1. The van der Waals surface area contributed by atoms with E-state index in [0.717, 1.165) is 28.9 Å². The average Bonchev–Trinajstić information content (AvgIpc) is 3.25. The number of carbonyl (C=O) groups is 2. The first kappa shape index (κ1) is 33.2. The predicted octanol–water partition coefficient (Wildman–Crippen LogP) is 2.12. The summed E-state index contributed by atoms with van der Waals surface area (Å²) in [6, 6.07) is 9.43. The summed E-state index contributed by atoms with van der Waals surface area (Å²) < 4.78 is 5.92. The van der Waals surface area contributed by atoms with Crippen LogP contribution in [0.15, 0.2) is 53.1 Å². The minimum atomic E-state index is -1.78. The van der Waals surface area contributed by atoms with Gasteiger partial charge >= 0.3 is 7.12 Å². The van der Waals surface area contributed by atoms with Crippen LogP contribution < -0.4 is 15.1 Å². The van der Waals surface area contributed by atoms with Gasteiger partial charge in [0, 0.05) is 5.92 Å². The third kappa shape index (κ3) is 6.84. The molecule has 2 amide bonds. The standard InChI is InChI=1S/C31H37BINO9/c1-3-5-17(10-18-11-24(33)29(38)26(12-18)43-2)8-9-25(37)27-19(15-35)13-22-28(23(27)16-36)31(40)34(30(22)39)21-7-4-6-20(14-21)32(41)42/h4,6-7,10-12,14,22-23,25,28,35-38,41-42H,3,5,8-9,13,15-16H2,1-2H3/b17-10+/t22-,23+,25-,28-/m1/s1. The molecule has 0 unspecified atom stereocenters. The Morgan fingerprint density at radius 3 is 2.53 bits per heavy atom. The highest BCUT2D eigenvalue weighted by molar-refractivity contribution is 14.1. The van der Waals surface area contributed by atoms with Crippen molar-refractivity contribution >= 4 is 58.7 Å². The number of amides is 2. The van der Waals surface area contributed by atoms with E-state index in [-0.39, 0.29) is 29.7 Å². The molecule has 1 aliphatic heterocycles. The highest BCUT2D eigenvalue weighted by Gasteiger charge is 2.55. The Morgan fingerprint density at radius 1 is 1.16 bits per heavy atom. The zero-order chi connectivity index (χ0) is 31.4. The van der Waals surface area contributed by atoms with Crippen LogP contribution in [0.25, 0.3) is 6.08 Å². The van der Waals surface area contributed by atoms with Crippen LogP contribution in [0.3, 0.4) is 0 Å². The molecule has 0 spiro atoms. The van der Waals surface area contributed by atoms with Gasteiger partial charge in [0.25, 0.3) is 0 Å². The molecule has 1 aliphatic carbocycles. The summed E-state index contributed by atoms with van der Waals surface area (Å²) in [5.41, 5.74) is 3.03. The summed E-state index contributed by atoms with van der Waals surface area (Å²) in [5.74, 6) is -3.24. The first-order valence-corrected chi connectivity index (χ1v) is 15.3. The fraction of sp³-hybridized carbons (Fsp3) is 0.419. The topological polar surface area (TPSA) is 168 Å². The number of ether oxygens (including phenoxy) is 1. The monoisotopic (exact) mass is 705 g/mol. The van der Waals surface area contributed by atoms with Crippen molar-refractivity contribution in [2.75, 3.05) is 25.2 Å². The van der Waals surface area contributed by atoms with Crippen molar-refractivity contribution in [3.63, 3.8) is 0 Å². The summed E-state index contributed by atoms with van der Waals surface area (Å²) in [6.45, 7) is 1.12. The van der Waals surface area contributed by atoms with Crippen molar-refractivity contribution in [3.8, 4) is 11.5 Å². The molecule has 0 aromatic heterocycles. The molecule has 2 aromatic carbocycles. The lowest BCUT2D eigenvalue weighted by Gasteiger charge is -2.36. The zero-order valence-corrected chi connectivity index (χ0v) is 26.3. The smallest absolute Gasteiger partial charge is 0.488 e. The number of halogens is 1. The number of benzene rings is 2. The van der Waals surface area contributed by atoms with Gasteiger partial charge in [-0.15, -0.1) is 0 Å². The molecule has 1 fully saturated rings. The summed E-state index contributed by atoms with van der Waals surface area (Å²) in [4.78, 5) is 28.2. The molecule has 0 saturated carbocycles. The number of allylic oxidation sites excluding steroid dienone is 1. The van der Waals surface area contributed by atoms with Gasteiger partial charge in [0.1, 0.15) is 0 Å². The number of hydrogen-bond donors (Lipinski definition) is 6. The van der Waals surface area contributed by atoms with Crippen LogP contribution in [0.1, 0.15) is 44.6 Å². The Morgan fingerprint density at radius 2 is 1.91 bits per heavy atom. The first-order valence-electron chi connectivity index (χ1n) is 14.3. The van der Waals surface area contributed by atoms with Gasteiger partial charge in [-0.05, 0) is 94.7 Å². The maximum absolute atomic E-state index is 13.7. The molecule has 4 atom stereocenters. The van der Waals surface area contributed by atoms with Gasteiger partial charge in [-0.3, -0.25) is 14.5 Å². The van der Waals surface area contributed by atoms with Crippen molar-refractivity contribution in [1.29, 1.82) is 0 Å². The zero-order valence-electron chi connectivity index (χ0n) is 24.1. The Hall–Kier alpha value is -2.75. The van der Waals surface area contributed by atoms with Crippen LogP contribution in [0, 0.1) is 21.3 Å². The van der Waals surface area contributed by atoms with E-state index in [1.54, 1.807) is 6.07 Å². The van der Waals surface area contributed by atoms with E-state index in [1.165, 1.54) is 31.4 Å². The fourth-order valence-corrected chi connectivity index (χ4v) is 6.95. The van der Waals surface area contributed by atoms with Crippen LogP contribution in [-0.4, -0.2) is 75.8 Å². The number of aliphatic hydroxyl groups is 3. The van der Waals surface area contributed by atoms with E-state index >= 15 is 0 Å². The Balaban J connectivity index is 1.60. The average molecular weight is 705 g/mol. The first-order chi connectivity index (χ1) is 20.6. The Bertz CT molecular complexity index is 1430. The molecule has 1 heterocycles. The van der Waals surface area contributed by atoms with E-state index in [9.17, 15) is 40.1 Å². The number of anilines is 1. The third-order valence-corrected chi connectivity index (χ3v) is 9.13. The van der Waals surface area contributed by atoms with Gasteiger partial charge in [-0.25, -0.2) is 0 Å². The van der Waals surface area contributed by atoms with E-state index in [1.807, 2.05) is 41.7 Å². The predicted molar refractivity (Wildman–Crippen MR) is 171 cm³/mol. The van der Waals surface area contributed by atoms with Gasteiger partial charge in [0.15, 0.2) is 11.5 Å². The van der Waals surface area contributed by atoms with Gasteiger partial charge in [-0.1, -0.05) is 37.1 Å². The number of hydrogen-bond acceptors (Lipinski definition) is 9. The van der Waals surface area contributed by atoms with Crippen molar-refractivity contribution < 1.29 is 44.8 Å². The molecular formula is C31H37BINO9. The van der Waals surface area contributed by atoms with Crippen LogP contribution in [0.4, 0.5) is 5.69 Å². The number of aliphatic hydroxyl groups excluding tert-OH is 3. The molecule has 230 valence electrons. The molecular weight excluding hydrogens is 668 g/mol. The molecule has 1 saturated heterocycles. The summed E-state index contributed by atoms with van der Waals surface area (Å²) >= 11 is 2.04. The van der Waals surface area contributed by atoms with Crippen LogP contribution in [0.2, 0.25) is 0 Å². The second kappa shape index (κ2) is 14.4. The van der Waals surface area contributed by atoms with Gasteiger partial charge in [-0.2, -0.15) is 0 Å². The normalized spacial score (nSPS) is 21.3. The second-order valence-corrected chi connectivity index (χ2v) is 12.1. The number of rotatable bonds is 12. The number of nitrogens with zero attached hydrogens (tertiary/aromatic N) is 1. The number of imide groups is 1. The lowest BCUT2D eigenvalue weighted by molar-refractivity contribution is -0.123. The minimum absolute atomic E-state index is 0.0663. The number of phenols is 1. The summed E-state index contributed by atoms with van der Waals surface area (Å²) in [6.07, 6.45) is 3.39. The van der Waals surface area contributed by atoms with Crippen LogP contribution in [0.5, 0.6) is 11.5 Å². The van der Waals surface area contributed by atoms with Crippen molar-refractivity contribution in [2.24, 2.45) is 17.8 Å². The summed E-state index contributed by atoms with van der Waals surface area (Å²) in [5, 5.41) is 61.5. The Labute approximate surface area is 264 Å². The van der Waals surface area contributed by atoms with E-state index in [4.69, 9.17) is 4.74 Å². The van der Waals surface area contributed by atoms with E-state index in [2.05, 4.69) is 0 Å². The van der Waals surface area contributed by atoms with Crippen molar-refractivity contribution in [3.05, 3.63) is 62.3 Å². The molecule has 0 radical (unpaired) electrons. The highest BCUT2D eigenvalue weighted by Crippen LogP contribution is 2.47. The van der Waals surface area contributed by atoms with Crippen LogP contribution in [-0.2, 0) is 9.59 Å². The van der Waals surface area contributed by atoms with Gasteiger partial charge in [0.2, 0.25) is 11.8 Å². The lowest BCUT2D eigenvalue weighted by Crippen LogP contribution is -2.39. The number of aromatic hydroxyl groups is 1. The van der Waals surface area contributed by atoms with E-state index < -0.39 is 56.0 Å². The number of fused-ring (bicyclic) bond motifs is 1. The fourth-order valence-electron chi connectivity index (χ4n) is 6.32. The minimum Gasteiger partial charge on any atom is -0.504 e. The SMILES string of the molecule is CCC/C(=C\c1cc(I)c(O)c(OC)c1)CC[C@@H](O)C1=C(CO)C[C@H]2C(=O)N(c3cccc(B(O)O)c3)C(=O)[C@H]2[C@H]1CO. The van der Waals surface area contributed by atoms with Gasteiger partial charge < -0.3 is 35.2 Å². The molecule has 0 bridgehead atoms. The molecule has 4 rings (SSSR count). The molecule has 43 heavy (non-hydrogen) atoms. The molecule has 12 heteroatoms. The van der Waals surface area contributed by atoms with Crippen molar-refractivity contribution in [2.45, 2.75) is 45.1 Å². The maximum Gasteiger partial charge on any atom is 0.488 e. The Kier molecular flexibility index (Phi) is 11.1. The van der Waals surface area contributed by atoms with Crippen molar-refractivity contribution in [1.82, 2.24) is 0 Å². The second-order valence-electron chi connectivity index (χ2n) is 11.0. The molecule has 2 aromatic rings. The highest BCUT2D eigenvalue weighted by atomic mass is 127. The molecule has 10 nitrogen and oxygen atoms in total. The molecule has 2 aliphatic rings. The number of methoxy groups -OCH3 is 1. The maximum atomic E-state index is 13.7. The third-order valence-electron chi connectivity index (χ3n) is 8.31. The number of carbonyl (C=O) groups excluding carboxylic acids is 2. The van der Waals surface area contributed by atoms with E-state index in [0.29, 0.717) is 26.9 Å². The molecule has 6 N–H and O–H groups in total. The summed E-state index contributed by atoms with van der Waals surface area (Å²) in [7, 11) is -0.296. The lowest BCUT2D eigenvalue weighted by atomic mass is 9.68. The van der Waals surface area contributed by atoms with Gasteiger partial charge in [0.05, 0.1) is 47.5 Å².